The lowest BCUT2D eigenvalue weighted by Crippen LogP contribution is -2.26. The number of rotatable bonds is 5. The molecular formula is C23H16F3N3O2S. The number of carbonyl (C=O) groups is 1. The minimum atomic E-state index is -0.900. The number of benzene rings is 3. The monoisotopic (exact) mass is 455 g/mol. The molecule has 0 aliphatic carbocycles. The lowest BCUT2D eigenvalue weighted by Gasteiger charge is -2.16. The average Bonchev–Trinajstić information content (AvgIpc) is 2.77. The van der Waals surface area contributed by atoms with Crippen molar-refractivity contribution in [2.24, 2.45) is 0 Å². The van der Waals surface area contributed by atoms with Crippen LogP contribution in [0.5, 0.6) is 0 Å². The number of hydrogen-bond acceptors (Lipinski definition) is 4. The van der Waals surface area contributed by atoms with Gasteiger partial charge in [0.25, 0.3) is 5.56 Å². The highest BCUT2D eigenvalue weighted by molar-refractivity contribution is 8.00. The van der Waals surface area contributed by atoms with Gasteiger partial charge in [0.05, 0.1) is 27.5 Å². The van der Waals surface area contributed by atoms with Gasteiger partial charge in [-0.3, -0.25) is 14.2 Å². The van der Waals surface area contributed by atoms with Crippen LogP contribution in [0, 0.1) is 17.5 Å². The molecule has 1 atom stereocenters. The van der Waals surface area contributed by atoms with E-state index in [1.807, 2.05) is 0 Å². The Morgan fingerprint density at radius 2 is 1.69 bits per heavy atom. The Morgan fingerprint density at radius 1 is 1.00 bits per heavy atom. The first-order valence-electron chi connectivity index (χ1n) is 9.54. The summed E-state index contributed by atoms with van der Waals surface area (Å²) in [5.41, 5.74) is 0.290. The van der Waals surface area contributed by atoms with E-state index in [0.29, 0.717) is 22.7 Å². The van der Waals surface area contributed by atoms with E-state index in [1.54, 1.807) is 31.2 Å². The highest BCUT2D eigenvalue weighted by atomic mass is 32.2. The molecular weight excluding hydrogens is 439 g/mol. The number of carbonyl (C=O) groups excluding carboxylic acids is 1. The zero-order chi connectivity index (χ0) is 22.8. The van der Waals surface area contributed by atoms with Gasteiger partial charge in [0.1, 0.15) is 17.5 Å². The summed E-state index contributed by atoms with van der Waals surface area (Å²) in [5.74, 6) is -2.68. The third-order valence-corrected chi connectivity index (χ3v) is 5.72. The number of para-hydroxylation sites is 1. The van der Waals surface area contributed by atoms with Gasteiger partial charge in [-0.1, -0.05) is 23.9 Å². The highest BCUT2D eigenvalue weighted by Gasteiger charge is 2.21. The summed E-state index contributed by atoms with van der Waals surface area (Å²) in [6, 6.07) is 14.9. The third kappa shape index (κ3) is 4.38. The molecule has 4 aromatic rings. The molecule has 0 radical (unpaired) electrons. The van der Waals surface area contributed by atoms with Crippen LogP contribution in [0.2, 0.25) is 0 Å². The quantitative estimate of drug-likeness (QED) is 0.343. The molecule has 32 heavy (non-hydrogen) atoms. The lowest BCUT2D eigenvalue weighted by molar-refractivity contribution is -0.115. The SMILES string of the molecule is CC(Sc1nc2ccccc2c(=O)n1-c1ccc(F)cc1)C(=O)Nc1ccc(F)cc1F. The second-order valence-electron chi connectivity index (χ2n) is 6.90. The van der Waals surface area contributed by atoms with Gasteiger partial charge in [-0.2, -0.15) is 0 Å². The smallest absolute Gasteiger partial charge is 0.266 e. The van der Waals surface area contributed by atoms with Crippen molar-refractivity contribution < 1.29 is 18.0 Å². The molecule has 0 spiro atoms. The number of thioether (sulfide) groups is 1. The van der Waals surface area contributed by atoms with Gasteiger partial charge in [-0.05, 0) is 55.5 Å². The summed E-state index contributed by atoms with van der Waals surface area (Å²) < 4.78 is 41.7. The summed E-state index contributed by atoms with van der Waals surface area (Å²) in [7, 11) is 0. The minimum absolute atomic E-state index is 0.161. The number of nitrogens with zero attached hydrogens (tertiary/aromatic N) is 2. The molecule has 3 aromatic carbocycles. The topological polar surface area (TPSA) is 64.0 Å². The van der Waals surface area contributed by atoms with E-state index in [1.165, 1.54) is 28.8 Å². The van der Waals surface area contributed by atoms with E-state index in [-0.39, 0.29) is 16.4 Å². The molecule has 0 aliphatic heterocycles. The molecule has 0 bridgehead atoms. The maximum Gasteiger partial charge on any atom is 0.266 e. The van der Waals surface area contributed by atoms with Gasteiger partial charge in [0.2, 0.25) is 5.91 Å². The van der Waals surface area contributed by atoms with Crippen molar-refractivity contribution in [1.82, 2.24) is 9.55 Å². The van der Waals surface area contributed by atoms with Crippen LogP contribution in [0.15, 0.2) is 76.7 Å². The Hall–Kier alpha value is -3.59. The zero-order valence-electron chi connectivity index (χ0n) is 16.7. The van der Waals surface area contributed by atoms with Crippen LogP contribution < -0.4 is 10.9 Å². The largest absolute Gasteiger partial charge is 0.323 e. The van der Waals surface area contributed by atoms with Gasteiger partial charge in [0.15, 0.2) is 5.16 Å². The van der Waals surface area contributed by atoms with Crippen molar-refractivity contribution in [3.05, 3.63) is 94.5 Å². The lowest BCUT2D eigenvalue weighted by atomic mass is 10.2. The summed E-state index contributed by atoms with van der Waals surface area (Å²) in [6.07, 6.45) is 0. The number of aromatic nitrogens is 2. The van der Waals surface area contributed by atoms with Crippen LogP contribution in [-0.4, -0.2) is 20.7 Å². The number of amides is 1. The first-order chi connectivity index (χ1) is 15.3. The molecule has 5 nitrogen and oxygen atoms in total. The van der Waals surface area contributed by atoms with Gasteiger partial charge in [0, 0.05) is 6.07 Å². The molecule has 1 amide bonds. The predicted octanol–water partition coefficient (Wildman–Crippen LogP) is 4.92. The molecule has 1 aromatic heterocycles. The summed E-state index contributed by atoms with van der Waals surface area (Å²) in [4.78, 5) is 30.3. The number of fused-ring (bicyclic) bond motifs is 1. The van der Waals surface area contributed by atoms with Crippen LogP contribution in [0.4, 0.5) is 18.9 Å². The summed E-state index contributed by atoms with van der Waals surface area (Å²) >= 11 is 0.984. The second kappa shape index (κ2) is 8.88. The van der Waals surface area contributed by atoms with E-state index < -0.39 is 28.6 Å². The van der Waals surface area contributed by atoms with Gasteiger partial charge in [-0.25, -0.2) is 18.2 Å². The summed E-state index contributed by atoms with van der Waals surface area (Å²) in [6.45, 7) is 1.57. The Bertz CT molecular complexity index is 1370. The van der Waals surface area contributed by atoms with Crippen LogP contribution in [0.25, 0.3) is 16.6 Å². The van der Waals surface area contributed by atoms with Crippen LogP contribution >= 0.6 is 11.8 Å². The van der Waals surface area contributed by atoms with E-state index in [2.05, 4.69) is 10.3 Å². The molecule has 0 fully saturated rings. The molecule has 1 N–H and O–H groups in total. The Labute approximate surface area is 184 Å². The van der Waals surface area contributed by atoms with E-state index >= 15 is 0 Å². The number of nitrogens with one attached hydrogen (secondary N) is 1. The van der Waals surface area contributed by atoms with Crippen LogP contribution in [-0.2, 0) is 4.79 Å². The highest BCUT2D eigenvalue weighted by Crippen LogP contribution is 2.26. The van der Waals surface area contributed by atoms with Crippen molar-refractivity contribution in [2.75, 3.05) is 5.32 Å². The minimum Gasteiger partial charge on any atom is -0.323 e. The number of hydrogen-bond donors (Lipinski definition) is 1. The van der Waals surface area contributed by atoms with Crippen LogP contribution in [0.3, 0.4) is 0 Å². The Morgan fingerprint density at radius 3 is 2.41 bits per heavy atom. The van der Waals surface area contributed by atoms with Gasteiger partial charge < -0.3 is 5.32 Å². The average molecular weight is 455 g/mol. The molecule has 1 unspecified atom stereocenters. The normalized spacial score (nSPS) is 12.0. The van der Waals surface area contributed by atoms with Crippen molar-refractivity contribution in [3.8, 4) is 5.69 Å². The Kier molecular flexibility index (Phi) is 6.00. The third-order valence-electron chi connectivity index (χ3n) is 4.67. The fourth-order valence-corrected chi connectivity index (χ4v) is 3.97. The fourth-order valence-electron chi connectivity index (χ4n) is 3.05. The maximum absolute atomic E-state index is 13.9. The molecule has 162 valence electrons. The van der Waals surface area contributed by atoms with Gasteiger partial charge in [-0.15, -0.1) is 0 Å². The van der Waals surface area contributed by atoms with E-state index in [4.69, 9.17) is 0 Å². The van der Waals surface area contributed by atoms with Crippen molar-refractivity contribution >= 4 is 34.3 Å². The van der Waals surface area contributed by atoms with E-state index in [9.17, 15) is 22.8 Å². The zero-order valence-corrected chi connectivity index (χ0v) is 17.5. The maximum atomic E-state index is 13.9. The Balaban J connectivity index is 1.71. The molecule has 4 rings (SSSR count). The van der Waals surface area contributed by atoms with E-state index in [0.717, 1.165) is 23.9 Å². The first-order valence-corrected chi connectivity index (χ1v) is 10.4. The predicted molar refractivity (Wildman–Crippen MR) is 118 cm³/mol. The van der Waals surface area contributed by atoms with Crippen molar-refractivity contribution in [1.29, 1.82) is 0 Å². The first kappa shape index (κ1) is 21.6. The second-order valence-corrected chi connectivity index (χ2v) is 8.21. The molecule has 0 aliphatic rings. The van der Waals surface area contributed by atoms with Crippen molar-refractivity contribution in [3.63, 3.8) is 0 Å². The number of anilines is 1. The summed E-state index contributed by atoms with van der Waals surface area (Å²) in [5, 5.41) is 2.20. The molecule has 0 saturated heterocycles. The molecule has 0 saturated carbocycles. The van der Waals surface area contributed by atoms with Crippen LogP contribution in [0.1, 0.15) is 6.92 Å². The molecule has 1 heterocycles. The number of halogens is 3. The van der Waals surface area contributed by atoms with Gasteiger partial charge >= 0.3 is 0 Å². The van der Waals surface area contributed by atoms with Crippen molar-refractivity contribution in [2.45, 2.75) is 17.3 Å². The standard InChI is InChI=1S/C23H16F3N3O2S/c1-13(21(30)27-20-11-8-15(25)12-18(20)26)32-23-28-19-5-3-2-4-17(19)22(31)29(23)16-9-6-14(24)7-10-16/h2-13H,1H3,(H,27,30). The fraction of sp³-hybridized carbons (Fsp3) is 0.0870. The molecule has 9 heteroatoms.